The molecule has 0 saturated carbocycles. The number of amides is 1. The van der Waals surface area contributed by atoms with E-state index in [1.54, 1.807) is 13.0 Å². The third kappa shape index (κ3) is 4.75. The van der Waals surface area contributed by atoms with Crippen LogP contribution in [0.25, 0.3) is 11.1 Å². The number of carbonyl (C=O) groups is 1. The zero-order valence-electron chi connectivity index (χ0n) is 15.0. The van der Waals surface area contributed by atoms with E-state index < -0.39 is 4.92 Å². The summed E-state index contributed by atoms with van der Waals surface area (Å²) >= 11 is 3.47. The Bertz CT molecular complexity index is 1020. The van der Waals surface area contributed by atoms with E-state index in [1.165, 1.54) is 18.2 Å². The highest BCUT2D eigenvalue weighted by atomic mass is 79.9. The number of carbonyl (C=O) groups excluding carboxylic acids is 1. The van der Waals surface area contributed by atoms with Crippen LogP contribution < -0.4 is 10.1 Å². The summed E-state index contributed by atoms with van der Waals surface area (Å²) in [6.07, 6.45) is 0. The fourth-order valence-electron chi connectivity index (χ4n) is 2.66. The zero-order chi connectivity index (χ0) is 20.1. The molecule has 0 aromatic heterocycles. The van der Waals surface area contributed by atoms with E-state index in [1.807, 2.05) is 42.5 Å². The maximum atomic E-state index is 12.2. The predicted octanol–water partition coefficient (Wildman–Crippen LogP) is 5.35. The molecule has 0 atom stereocenters. The van der Waals surface area contributed by atoms with Gasteiger partial charge in [-0.15, -0.1) is 0 Å². The number of hydrogen-bond donors (Lipinski definition) is 1. The first-order chi connectivity index (χ1) is 13.4. The van der Waals surface area contributed by atoms with Crippen molar-refractivity contribution in [1.82, 2.24) is 0 Å². The molecule has 0 saturated heterocycles. The molecule has 0 fully saturated rings. The fraction of sp³-hybridized carbons (Fsp3) is 0.0952. The first kappa shape index (κ1) is 19.6. The van der Waals surface area contributed by atoms with E-state index in [-0.39, 0.29) is 18.2 Å². The van der Waals surface area contributed by atoms with Crippen LogP contribution in [0.1, 0.15) is 5.56 Å². The number of benzene rings is 3. The van der Waals surface area contributed by atoms with Crippen molar-refractivity contribution in [3.63, 3.8) is 0 Å². The van der Waals surface area contributed by atoms with Gasteiger partial charge in [-0.25, -0.2) is 0 Å². The van der Waals surface area contributed by atoms with Gasteiger partial charge >= 0.3 is 0 Å². The van der Waals surface area contributed by atoms with Crippen molar-refractivity contribution in [2.45, 2.75) is 6.92 Å². The molecule has 0 bridgehead atoms. The molecule has 3 aromatic carbocycles. The molecule has 3 aromatic rings. The van der Waals surface area contributed by atoms with E-state index in [0.29, 0.717) is 17.0 Å². The molecule has 0 radical (unpaired) electrons. The lowest BCUT2D eigenvalue weighted by Crippen LogP contribution is -2.20. The largest absolute Gasteiger partial charge is 0.483 e. The quantitative estimate of drug-likeness (QED) is 0.413. The van der Waals surface area contributed by atoms with E-state index in [4.69, 9.17) is 4.74 Å². The van der Waals surface area contributed by atoms with Gasteiger partial charge in [0.15, 0.2) is 6.61 Å². The minimum absolute atomic E-state index is 0.0193. The molecule has 0 heterocycles. The normalized spacial score (nSPS) is 10.4. The minimum atomic E-state index is -0.474. The molecule has 6 nitrogen and oxygen atoms in total. The van der Waals surface area contributed by atoms with Crippen molar-refractivity contribution in [2.24, 2.45) is 0 Å². The SMILES string of the molecule is Cc1cc([N+](=O)[O-])ccc1NC(=O)COc1ccc(-c2ccccc2)cc1Br. The summed E-state index contributed by atoms with van der Waals surface area (Å²) in [7, 11) is 0. The second-order valence-electron chi connectivity index (χ2n) is 6.10. The Hall–Kier alpha value is -3.19. The van der Waals surface area contributed by atoms with Crippen LogP contribution >= 0.6 is 15.9 Å². The Morgan fingerprint density at radius 1 is 1.07 bits per heavy atom. The molecule has 1 N–H and O–H groups in total. The van der Waals surface area contributed by atoms with Crippen molar-refractivity contribution in [3.8, 4) is 16.9 Å². The molecule has 3 rings (SSSR count). The second-order valence-corrected chi connectivity index (χ2v) is 6.96. The Labute approximate surface area is 170 Å². The van der Waals surface area contributed by atoms with Crippen LogP contribution in [-0.2, 0) is 4.79 Å². The standard InChI is InChI=1S/C21H17BrN2O4/c1-14-11-17(24(26)27)8-9-19(14)23-21(25)13-28-20-10-7-16(12-18(20)22)15-5-3-2-4-6-15/h2-12H,13H2,1H3,(H,23,25). The highest BCUT2D eigenvalue weighted by Gasteiger charge is 2.12. The number of nitro groups is 1. The van der Waals surface area contributed by atoms with Crippen LogP contribution in [0.3, 0.4) is 0 Å². The monoisotopic (exact) mass is 440 g/mol. The topological polar surface area (TPSA) is 81.5 Å². The number of nitro benzene ring substituents is 1. The maximum Gasteiger partial charge on any atom is 0.269 e. The molecular formula is C21H17BrN2O4. The van der Waals surface area contributed by atoms with Crippen molar-refractivity contribution in [2.75, 3.05) is 11.9 Å². The molecule has 0 aliphatic rings. The third-order valence-electron chi connectivity index (χ3n) is 4.09. The molecular weight excluding hydrogens is 424 g/mol. The van der Waals surface area contributed by atoms with Crippen LogP contribution in [0, 0.1) is 17.0 Å². The van der Waals surface area contributed by atoms with Gasteiger partial charge in [-0.05, 0) is 57.7 Å². The van der Waals surface area contributed by atoms with E-state index in [2.05, 4.69) is 21.2 Å². The number of nitrogens with one attached hydrogen (secondary N) is 1. The smallest absolute Gasteiger partial charge is 0.269 e. The first-order valence-corrected chi connectivity index (χ1v) is 9.26. The van der Waals surface area contributed by atoms with Crippen LogP contribution in [-0.4, -0.2) is 17.4 Å². The third-order valence-corrected chi connectivity index (χ3v) is 4.71. The van der Waals surface area contributed by atoms with E-state index >= 15 is 0 Å². The van der Waals surface area contributed by atoms with Crippen LogP contribution in [0.2, 0.25) is 0 Å². The Balaban J connectivity index is 1.62. The average molecular weight is 441 g/mol. The predicted molar refractivity (Wildman–Crippen MR) is 112 cm³/mol. The molecule has 0 spiro atoms. The molecule has 7 heteroatoms. The molecule has 1 amide bonds. The van der Waals surface area contributed by atoms with Gasteiger partial charge in [0.25, 0.3) is 11.6 Å². The summed E-state index contributed by atoms with van der Waals surface area (Å²) in [5.41, 5.74) is 3.22. The number of aryl methyl sites for hydroxylation is 1. The fourth-order valence-corrected chi connectivity index (χ4v) is 3.15. The zero-order valence-corrected chi connectivity index (χ0v) is 16.6. The van der Waals surface area contributed by atoms with Gasteiger partial charge in [0.2, 0.25) is 0 Å². The van der Waals surface area contributed by atoms with Gasteiger partial charge in [-0.3, -0.25) is 14.9 Å². The van der Waals surface area contributed by atoms with Gasteiger partial charge in [0.1, 0.15) is 5.75 Å². The second kappa shape index (κ2) is 8.67. The molecule has 142 valence electrons. The lowest BCUT2D eigenvalue weighted by Gasteiger charge is -2.11. The van der Waals surface area contributed by atoms with Crippen LogP contribution in [0.4, 0.5) is 11.4 Å². The van der Waals surface area contributed by atoms with E-state index in [9.17, 15) is 14.9 Å². The maximum absolute atomic E-state index is 12.2. The number of non-ortho nitro benzene ring substituents is 1. The summed E-state index contributed by atoms with van der Waals surface area (Å²) in [6.45, 7) is 1.52. The van der Waals surface area contributed by atoms with Crippen LogP contribution in [0.5, 0.6) is 5.75 Å². The van der Waals surface area contributed by atoms with Gasteiger partial charge in [0, 0.05) is 17.8 Å². The summed E-state index contributed by atoms with van der Waals surface area (Å²) in [5, 5.41) is 13.5. The van der Waals surface area contributed by atoms with Crippen molar-refractivity contribution >= 4 is 33.2 Å². The number of nitrogens with zero attached hydrogens (tertiary/aromatic N) is 1. The highest BCUT2D eigenvalue weighted by Crippen LogP contribution is 2.30. The number of anilines is 1. The lowest BCUT2D eigenvalue weighted by molar-refractivity contribution is -0.384. The lowest BCUT2D eigenvalue weighted by atomic mass is 10.1. The van der Waals surface area contributed by atoms with E-state index in [0.717, 1.165) is 15.6 Å². The minimum Gasteiger partial charge on any atom is -0.483 e. The van der Waals surface area contributed by atoms with Gasteiger partial charge in [-0.1, -0.05) is 36.4 Å². The molecule has 0 aliphatic heterocycles. The number of hydrogen-bond acceptors (Lipinski definition) is 4. The summed E-state index contributed by atoms with van der Waals surface area (Å²) in [6, 6.07) is 19.9. The summed E-state index contributed by atoms with van der Waals surface area (Å²) in [5.74, 6) is 0.200. The summed E-state index contributed by atoms with van der Waals surface area (Å²) < 4.78 is 6.34. The average Bonchev–Trinajstić information content (AvgIpc) is 2.69. The number of rotatable bonds is 6. The van der Waals surface area contributed by atoms with Gasteiger partial charge in [0.05, 0.1) is 9.40 Å². The van der Waals surface area contributed by atoms with Gasteiger partial charge < -0.3 is 10.1 Å². The Kier molecular flexibility index (Phi) is 6.06. The Morgan fingerprint density at radius 2 is 1.82 bits per heavy atom. The molecule has 0 unspecified atom stereocenters. The van der Waals surface area contributed by atoms with Crippen molar-refractivity contribution in [3.05, 3.63) is 86.9 Å². The van der Waals surface area contributed by atoms with Gasteiger partial charge in [-0.2, -0.15) is 0 Å². The molecule has 28 heavy (non-hydrogen) atoms. The number of ether oxygens (including phenoxy) is 1. The molecule has 0 aliphatic carbocycles. The highest BCUT2D eigenvalue weighted by molar-refractivity contribution is 9.10. The van der Waals surface area contributed by atoms with Crippen molar-refractivity contribution < 1.29 is 14.5 Å². The number of halogens is 1. The Morgan fingerprint density at radius 3 is 2.46 bits per heavy atom. The van der Waals surface area contributed by atoms with Crippen molar-refractivity contribution in [1.29, 1.82) is 0 Å². The first-order valence-electron chi connectivity index (χ1n) is 8.46. The summed E-state index contributed by atoms with van der Waals surface area (Å²) in [4.78, 5) is 22.5. The van der Waals surface area contributed by atoms with Crippen LogP contribution in [0.15, 0.2) is 71.2 Å².